The summed E-state index contributed by atoms with van der Waals surface area (Å²) < 4.78 is 80.8. The molecule has 0 unspecified atom stereocenters. The van der Waals surface area contributed by atoms with Crippen molar-refractivity contribution in [2.75, 3.05) is 0 Å². The zero-order chi connectivity index (χ0) is 19.1. The fourth-order valence-electron chi connectivity index (χ4n) is 2.19. The average Bonchev–Trinajstić information content (AvgIpc) is 3.04. The Hall–Kier alpha value is -3.13. The maximum Gasteiger partial charge on any atom is 0.501 e. The van der Waals surface area contributed by atoms with Crippen LogP contribution in [-0.4, -0.2) is 24.1 Å². The molecule has 134 valence electrons. The van der Waals surface area contributed by atoms with Crippen molar-refractivity contribution in [1.29, 1.82) is 0 Å². The van der Waals surface area contributed by atoms with Crippen LogP contribution in [0.15, 0.2) is 41.4 Å². The molecule has 0 aliphatic heterocycles. The van der Waals surface area contributed by atoms with Gasteiger partial charge >= 0.3 is 5.51 Å². The van der Waals surface area contributed by atoms with Gasteiger partial charge in [0.25, 0.3) is 9.84 Å². The Labute approximate surface area is 143 Å². The van der Waals surface area contributed by atoms with Crippen molar-refractivity contribution in [3.8, 4) is 11.5 Å². The molecule has 0 amide bonds. The SMILES string of the molecule is [C-]#[N+]c1ccc(Oc2ccc(S(=O)(=O)C(F)(F)F)c3[nH]ncc23)cc1F. The minimum Gasteiger partial charge on any atom is -0.457 e. The van der Waals surface area contributed by atoms with Crippen LogP contribution in [0.5, 0.6) is 11.5 Å². The van der Waals surface area contributed by atoms with Gasteiger partial charge in [-0.05, 0) is 24.3 Å². The van der Waals surface area contributed by atoms with Gasteiger partial charge in [-0.15, -0.1) is 0 Å². The topological polar surface area (TPSA) is 76.4 Å². The van der Waals surface area contributed by atoms with E-state index in [9.17, 15) is 26.0 Å². The normalized spacial score (nSPS) is 12.1. The Morgan fingerprint density at radius 1 is 1.19 bits per heavy atom. The number of alkyl halides is 3. The van der Waals surface area contributed by atoms with Crippen LogP contribution in [-0.2, 0) is 9.84 Å². The second-order valence-corrected chi connectivity index (χ2v) is 6.91. The minimum absolute atomic E-state index is 0.0242. The Morgan fingerprint density at radius 2 is 1.92 bits per heavy atom. The molecule has 0 aliphatic carbocycles. The number of fused-ring (bicyclic) bond motifs is 1. The smallest absolute Gasteiger partial charge is 0.457 e. The van der Waals surface area contributed by atoms with Gasteiger partial charge in [-0.1, -0.05) is 0 Å². The Morgan fingerprint density at radius 3 is 2.54 bits per heavy atom. The number of nitrogens with one attached hydrogen (secondary N) is 1. The van der Waals surface area contributed by atoms with Crippen LogP contribution in [0, 0.1) is 12.4 Å². The molecule has 1 N–H and O–H groups in total. The Kier molecular flexibility index (Phi) is 4.08. The highest BCUT2D eigenvalue weighted by atomic mass is 32.2. The molecular weight excluding hydrogens is 378 g/mol. The number of nitrogens with zero attached hydrogens (tertiary/aromatic N) is 2. The van der Waals surface area contributed by atoms with E-state index in [1.165, 1.54) is 12.1 Å². The van der Waals surface area contributed by atoms with Crippen molar-refractivity contribution in [3.63, 3.8) is 0 Å². The summed E-state index contributed by atoms with van der Waals surface area (Å²) in [6.07, 6.45) is 1.09. The summed E-state index contributed by atoms with van der Waals surface area (Å²) in [4.78, 5) is 1.95. The van der Waals surface area contributed by atoms with E-state index in [-0.39, 0.29) is 22.6 Å². The van der Waals surface area contributed by atoms with Crippen LogP contribution in [0.2, 0.25) is 0 Å². The highest BCUT2D eigenvalue weighted by Gasteiger charge is 2.48. The molecular formula is C15H7F4N3O3S. The quantitative estimate of drug-likeness (QED) is 0.538. The second-order valence-electron chi connectivity index (χ2n) is 5.00. The maximum atomic E-state index is 13.6. The summed E-state index contributed by atoms with van der Waals surface area (Å²) in [5.74, 6) is -0.897. The average molecular weight is 385 g/mol. The van der Waals surface area contributed by atoms with Crippen molar-refractivity contribution in [2.24, 2.45) is 0 Å². The summed E-state index contributed by atoms with van der Waals surface area (Å²) in [7, 11) is -5.60. The third-order valence-corrected chi connectivity index (χ3v) is 4.93. The van der Waals surface area contributed by atoms with Crippen molar-refractivity contribution >= 4 is 26.4 Å². The van der Waals surface area contributed by atoms with Crippen molar-refractivity contribution in [2.45, 2.75) is 10.4 Å². The lowest BCUT2D eigenvalue weighted by Crippen LogP contribution is -2.23. The number of aromatic nitrogens is 2. The van der Waals surface area contributed by atoms with Crippen LogP contribution in [0.4, 0.5) is 23.2 Å². The van der Waals surface area contributed by atoms with E-state index >= 15 is 0 Å². The first-order valence-corrected chi connectivity index (χ1v) is 8.26. The molecule has 0 saturated heterocycles. The van der Waals surface area contributed by atoms with E-state index in [0.29, 0.717) is 0 Å². The second kappa shape index (κ2) is 5.99. The summed E-state index contributed by atoms with van der Waals surface area (Å²) >= 11 is 0. The van der Waals surface area contributed by atoms with E-state index in [1.54, 1.807) is 0 Å². The molecule has 0 aliphatic rings. The van der Waals surface area contributed by atoms with Crippen LogP contribution >= 0.6 is 0 Å². The van der Waals surface area contributed by atoms with Crippen LogP contribution in [0.25, 0.3) is 15.7 Å². The molecule has 3 rings (SSSR count). The van der Waals surface area contributed by atoms with E-state index in [1.807, 2.05) is 0 Å². The number of hydrogen-bond donors (Lipinski definition) is 1. The summed E-state index contributed by atoms with van der Waals surface area (Å²) in [6, 6.07) is 5.13. The van der Waals surface area contributed by atoms with E-state index in [4.69, 9.17) is 11.3 Å². The van der Waals surface area contributed by atoms with Gasteiger partial charge in [0.05, 0.1) is 23.7 Å². The molecule has 0 radical (unpaired) electrons. The molecule has 1 heterocycles. The van der Waals surface area contributed by atoms with Crippen molar-refractivity contribution in [3.05, 3.63) is 53.8 Å². The lowest BCUT2D eigenvalue weighted by atomic mass is 10.2. The van der Waals surface area contributed by atoms with Crippen LogP contribution < -0.4 is 4.74 Å². The minimum atomic E-state index is -5.60. The zero-order valence-electron chi connectivity index (χ0n) is 12.5. The van der Waals surface area contributed by atoms with Gasteiger partial charge in [0.15, 0.2) is 0 Å². The van der Waals surface area contributed by atoms with E-state index in [2.05, 4.69) is 15.0 Å². The molecule has 2 aromatic carbocycles. The molecule has 26 heavy (non-hydrogen) atoms. The molecule has 11 heteroatoms. The highest BCUT2D eigenvalue weighted by Crippen LogP contribution is 2.38. The molecule has 1 aromatic heterocycles. The van der Waals surface area contributed by atoms with Crippen LogP contribution in [0.3, 0.4) is 0 Å². The highest BCUT2D eigenvalue weighted by molar-refractivity contribution is 7.92. The molecule has 6 nitrogen and oxygen atoms in total. The molecule has 3 aromatic rings. The number of hydrogen-bond acceptors (Lipinski definition) is 4. The van der Waals surface area contributed by atoms with Gasteiger partial charge in [-0.3, -0.25) is 5.10 Å². The van der Waals surface area contributed by atoms with Gasteiger partial charge in [0.2, 0.25) is 5.69 Å². The lowest BCUT2D eigenvalue weighted by molar-refractivity contribution is -0.0435. The number of ether oxygens (including phenoxy) is 1. The predicted octanol–water partition coefficient (Wildman–Crippen LogP) is 4.34. The van der Waals surface area contributed by atoms with E-state index < -0.39 is 31.6 Å². The summed E-state index contributed by atoms with van der Waals surface area (Å²) in [5.41, 5.74) is -6.10. The van der Waals surface area contributed by atoms with Crippen molar-refractivity contribution in [1.82, 2.24) is 10.2 Å². The molecule has 0 saturated carbocycles. The molecule has 0 spiro atoms. The van der Waals surface area contributed by atoms with E-state index in [0.717, 1.165) is 24.4 Å². The standard InChI is InChI=1S/C15H7F4N3O3S/c1-20-11-3-2-8(6-10(11)16)25-12-4-5-13(14-9(12)7-21-22-14)26(23,24)15(17,18)19/h2-7H,(H,21,22). The Balaban J connectivity index is 2.09. The maximum absolute atomic E-state index is 13.6. The number of aromatic amines is 1. The van der Waals surface area contributed by atoms with Crippen LogP contribution in [0.1, 0.15) is 0 Å². The van der Waals surface area contributed by atoms with Gasteiger partial charge < -0.3 is 4.74 Å². The third kappa shape index (κ3) is 2.84. The van der Waals surface area contributed by atoms with Gasteiger partial charge in [0, 0.05) is 6.07 Å². The largest absolute Gasteiger partial charge is 0.501 e. The monoisotopic (exact) mass is 385 g/mol. The van der Waals surface area contributed by atoms with Crippen molar-refractivity contribution < 1.29 is 30.7 Å². The first kappa shape index (κ1) is 17.7. The first-order chi connectivity index (χ1) is 12.1. The van der Waals surface area contributed by atoms with Gasteiger partial charge in [0.1, 0.15) is 22.2 Å². The number of benzene rings is 2. The number of rotatable bonds is 3. The number of sulfone groups is 1. The third-order valence-electron chi connectivity index (χ3n) is 3.40. The van der Waals surface area contributed by atoms with Gasteiger partial charge in [-0.2, -0.15) is 18.3 Å². The lowest BCUT2D eigenvalue weighted by Gasteiger charge is -2.11. The number of halogens is 4. The predicted molar refractivity (Wildman–Crippen MR) is 82.1 cm³/mol. The molecule has 0 bridgehead atoms. The summed E-state index contributed by atoms with van der Waals surface area (Å²) in [5, 5.41) is 5.72. The first-order valence-electron chi connectivity index (χ1n) is 6.77. The fourth-order valence-corrected chi connectivity index (χ4v) is 3.11. The Bertz CT molecular complexity index is 1150. The number of H-pyrrole nitrogens is 1. The zero-order valence-corrected chi connectivity index (χ0v) is 13.3. The molecule has 0 fully saturated rings. The summed E-state index contributed by atoms with van der Waals surface area (Å²) in [6.45, 7) is 6.78. The fraction of sp³-hybridized carbons (Fsp3) is 0.0667. The molecule has 0 atom stereocenters. The van der Waals surface area contributed by atoms with Gasteiger partial charge in [-0.25, -0.2) is 17.7 Å².